The van der Waals surface area contributed by atoms with Gasteiger partial charge in [0, 0.05) is 23.5 Å². The summed E-state index contributed by atoms with van der Waals surface area (Å²) in [5.74, 6) is 0.341. The molecule has 0 spiro atoms. The van der Waals surface area contributed by atoms with Crippen molar-refractivity contribution in [2.24, 2.45) is 0 Å². The molecular formula is C21H22N2O4S2. The minimum Gasteiger partial charge on any atom is -0.495 e. The first-order valence-corrected chi connectivity index (χ1v) is 11.7. The number of sulfonamides is 1. The molecule has 8 heteroatoms. The van der Waals surface area contributed by atoms with Crippen LogP contribution in [-0.4, -0.2) is 39.4 Å². The number of benzene rings is 2. The summed E-state index contributed by atoms with van der Waals surface area (Å²) in [4.78, 5) is 15.3. The predicted octanol–water partition coefficient (Wildman–Crippen LogP) is 4.26. The topological polar surface area (TPSA) is 75.7 Å². The monoisotopic (exact) mass is 430 g/mol. The standard InChI is InChI=1S/C21H22N2O4S2/c1-14-5-7-17(27-2)20(11-14)29(25,26)22-16-6-8-18-15(12-16)13-19(28-18)21(24)23-9-3-4-10-23/h5-8,11-13,22H,3-4,9-10H2,1-2H3. The summed E-state index contributed by atoms with van der Waals surface area (Å²) in [7, 11) is -2.37. The average Bonchev–Trinajstić information content (AvgIpc) is 3.36. The highest BCUT2D eigenvalue weighted by molar-refractivity contribution is 7.92. The summed E-state index contributed by atoms with van der Waals surface area (Å²) in [6, 6.07) is 12.2. The fourth-order valence-electron chi connectivity index (χ4n) is 3.49. The van der Waals surface area contributed by atoms with Crippen molar-refractivity contribution in [3.8, 4) is 5.75 Å². The molecule has 1 aliphatic rings. The van der Waals surface area contributed by atoms with Crippen molar-refractivity contribution in [3.63, 3.8) is 0 Å². The van der Waals surface area contributed by atoms with Gasteiger partial charge >= 0.3 is 0 Å². The van der Waals surface area contributed by atoms with Gasteiger partial charge in [-0.1, -0.05) is 6.07 Å². The zero-order valence-electron chi connectivity index (χ0n) is 16.3. The number of anilines is 1. The quantitative estimate of drug-likeness (QED) is 0.656. The lowest BCUT2D eigenvalue weighted by Gasteiger charge is -2.13. The second-order valence-corrected chi connectivity index (χ2v) is 9.86. The molecule has 152 valence electrons. The molecule has 29 heavy (non-hydrogen) atoms. The minimum atomic E-state index is -3.82. The molecule has 6 nitrogen and oxygen atoms in total. The van der Waals surface area contributed by atoms with Gasteiger partial charge in [0.05, 0.1) is 12.0 Å². The molecule has 2 aromatic carbocycles. The fourth-order valence-corrected chi connectivity index (χ4v) is 5.81. The van der Waals surface area contributed by atoms with Crippen LogP contribution in [0.25, 0.3) is 10.1 Å². The van der Waals surface area contributed by atoms with E-state index in [9.17, 15) is 13.2 Å². The van der Waals surface area contributed by atoms with Gasteiger partial charge < -0.3 is 9.64 Å². The van der Waals surface area contributed by atoms with Crippen LogP contribution in [0.1, 0.15) is 28.1 Å². The largest absolute Gasteiger partial charge is 0.495 e. The van der Waals surface area contributed by atoms with Gasteiger partial charge in [0.1, 0.15) is 10.6 Å². The van der Waals surface area contributed by atoms with Crippen LogP contribution in [0.15, 0.2) is 47.4 Å². The number of aryl methyl sites for hydroxylation is 1. The number of methoxy groups -OCH3 is 1. The molecule has 2 heterocycles. The molecule has 1 fully saturated rings. The summed E-state index contributed by atoms with van der Waals surface area (Å²) < 4.78 is 34.6. The Hall–Kier alpha value is -2.58. The lowest BCUT2D eigenvalue weighted by molar-refractivity contribution is 0.0797. The van der Waals surface area contributed by atoms with E-state index < -0.39 is 10.0 Å². The van der Waals surface area contributed by atoms with Gasteiger partial charge in [0.2, 0.25) is 0 Å². The highest BCUT2D eigenvalue weighted by Gasteiger charge is 2.22. The zero-order chi connectivity index (χ0) is 20.6. The van der Waals surface area contributed by atoms with Gasteiger partial charge in [-0.25, -0.2) is 8.42 Å². The molecule has 0 unspecified atom stereocenters. The van der Waals surface area contributed by atoms with Crippen molar-refractivity contribution < 1.29 is 17.9 Å². The highest BCUT2D eigenvalue weighted by atomic mass is 32.2. The van der Waals surface area contributed by atoms with Gasteiger partial charge in [0.15, 0.2) is 0 Å². The summed E-state index contributed by atoms with van der Waals surface area (Å²) in [6.45, 7) is 3.43. The number of nitrogens with zero attached hydrogens (tertiary/aromatic N) is 1. The summed E-state index contributed by atoms with van der Waals surface area (Å²) >= 11 is 1.43. The maximum absolute atomic E-state index is 12.9. The molecule has 0 atom stereocenters. The van der Waals surface area contributed by atoms with Gasteiger partial charge in [-0.3, -0.25) is 9.52 Å². The predicted molar refractivity (Wildman–Crippen MR) is 116 cm³/mol. The Morgan fingerprint density at radius 1 is 1.10 bits per heavy atom. The van der Waals surface area contributed by atoms with E-state index in [-0.39, 0.29) is 10.8 Å². The second-order valence-electron chi connectivity index (χ2n) is 7.12. The third kappa shape index (κ3) is 3.95. The second kappa shape index (κ2) is 7.68. The number of carbonyl (C=O) groups excluding carboxylic acids is 1. The Kier molecular flexibility index (Phi) is 5.23. The van der Waals surface area contributed by atoms with E-state index in [4.69, 9.17) is 4.74 Å². The third-order valence-electron chi connectivity index (χ3n) is 4.98. The number of amides is 1. The van der Waals surface area contributed by atoms with E-state index in [1.54, 1.807) is 30.3 Å². The highest BCUT2D eigenvalue weighted by Crippen LogP contribution is 2.32. The van der Waals surface area contributed by atoms with E-state index in [1.165, 1.54) is 18.4 Å². The third-order valence-corrected chi connectivity index (χ3v) is 7.49. The number of fused-ring (bicyclic) bond motifs is 1. The lowest BCUT2D eigenvalue weighted by Crippen LogP contribution is -2.26. The van der Waals surface area contributed by atoms with E-state index in [1.807, 2.05) is 24.0 Å². The van der Waals surface area contributed by atoms with Crippen LogP contribution in [0.3, 0.4) is 0 Å². The lowest BCUT2D eigenvalue weighted by atomic mass is 10.2. The number of hydrogen-bond donors (Lipinski definition) is 1. The molecule has 3 aromatic rings. The van der Waals surface area contributed by atoms with Crippen LogP contribution in [-0.2, 0) is 10.0 Å². The van der Waals surface area contributed by atoms with Gasteiger partial charge in [0.25, 0.3) is 15.9 Å². The maximum atomic E-state index is 12.9. The van der Waals surface area contributed by atoms with Crippen LogP contribution in [0.2, 0.25) is 0 Å². The van der Waals surface area contributed by atoms with Crippen molar-refractivity contribution >= 4 is 43.0 Å². The molecule has 4 rings (SSSR count). The van der Waals surface area contributed by atoms with Crippen molar-refractivity contribution in [2.45, 2.75) is 24.7 Å². The van der Waals surface area contributed by atoms with E-state index in [0.717, 1.165) is 41.6 Å². The van der Waals surface area contributed by atoms with Crippen molar-refractivity contribution in [1.29, 1.82) is 0 Å². The number of hydrogen-bond acceptors (Lipinski definition) is 5. The van der Waals surface area contributed by atoms with E-state index >= 15 is 0 Å². The van der Waals surface area contributed by atoms with Gasteiger partial charge in [-0.05, 0) is 67.1 Å². The van der Waals surface area contributed by atoms with Crippen LogP contribution < -0.4 is 9.46 Å². The molecule has 1 N–H and O–H groups in total. The molecule has 0 radical (unpaired) electrons. The number of rotatable bonds is 5. The summed E-state index contributed by atoms with van der Waals surface area (Å²) in [5.41, 5.74) is 1.27. The van der Waals surface area contributed by atoms with Crippen molar-refractivity contribution in [2.75, 3.05) is 24.9 Å². The van der Waals surface area contributed by atoms with Crippen LogP contribution >= 0.6 is 11.3 Å². The first-order valence-electron chi connectivity index (χ1n) is 9.38. The van der Waals surface area contributed by atoms with E-state index in [0.29, 0.717) is 16.3 Å². The molecule has 1 aromatic heterocycles. The summed E-state index contributed by atoms with van der Waals surface area (Å²) in [5, 5.41) is 0.842. The van der Waals surface area contributed by atoms with Gasteiger partial charge in [-0.15, -0.1) is 11.3 Å². The number of likely N-dealkylation sites (tertiary alicyclic amines) is 1. The van der Waals surface area contributed by atoms with Gasteiger partial charge in [-0.2, -0.15) is 0 Å². The van der Waals surface area contributed by atoms with Crippen molar-refractivity contribution in [3.05, 3.63) is 52.9 Å². The van der Waals surface area contributed by atoms with Crippen LogP contribution in [0, 0.1) is 6.92 Å². The summed E-state index contributed by atoms with van der Waals surface area (Å²) in [6.07, 6.45) is 2.09. The Bertz CT molecular complexity index is 1180. The molecular weight excluding hydrogens is 408 g/mol. The Labute approximate surface area is 174 Å². The Morgan fingerprint density at radius 2 is 1.86 bits per heavy atom. The Morgan fingerprint density at radius 3 is 2.59 bits per heavy atom. The molecule has 0 saturated carbocycles. The molecule has 0 aliphatic carbocycles. The van der Waals surface area contributed by atoms with Crippen LogP contribution in [0.4, 0.5) is 5.69 Å². The normalized spacial score (nSPS) is 14.3. The molecule has 0 bridgehead atoms. The average molecular weight is 431 g/mol. The minimum absolute atomic E-state index is 0.0512. The number of carbonyl (C=O) groups is 1. The molecule has 1 saturated heterocycles. The maximum Gasteiger partial charge on any atom is 0.265 e. The first-order chi connectivity index (χ1) is 13.9. The molecule has 1 aliphatic heterocycles. The first kappa shape index (κ1) is 19.7. The number of nitrogens with one attached hydrogen (secondary N) is 1. The fraction of sp³-hybridized carbons (Fsp3) is 0.286. The zero-order valence-corrected chi connectivity index (χ0v) is 17.9. The SMILES string of the molecule is COc1ccc(C)cc1S(=O)(=O)Nc1ccc2sc(C(=O)N3CCCC3)cc2c1. The Balaban J connectivity index is 1.63. The van der Waals surface area contributed by atoms with Crippen LogP contribution in [0.5, 0.6) is 5.75 Å². The smallest absolute Gasteiger partial charge is 0.265 e. The number of ether oxygens (including phenoxy) is 1. The number of thiophene rings is 1. The molecule has 1 amide bonds. The van der Waals surface area contributed by atoms with E-state index in [2.05, 4.69) is 4.72 Å². The van der Waals surface area contributed by atoms with Crippen molar-refractivity contribution in [1.82, 2.24) is 4.90 Å².